The maximum atomic E-state index is 11.4. The highest BCUT2D eigenvalue weighted by Gasteiger charge is 2.12. The third kappa shape index (κ3) is 7.69. The van der Waals surface area contributed by atoms with E-state index in [1.165, 1.54) is 12.3 Å². The lowest BCUT2D eigenvalue weighted by molar-refractivity contribution is 0.468. The molecule has 0 aliphatic heterocycles. The van der Waals surface area contributed by atoms with E-state index in [9.17, 15) is 4.39 Å². The lowest BCUT2D eigenvalue weighted by atomic mass is 10.7. The van der Waals surface area contributed by atoms with Crippen LogP contribution in [-0.4, -0.2) is 15.0 Å². The summed E-state index contributed by atoms with van der Waals surface area (Å²) in [6, 6.07) is 0. The Morgan fingerprint density at radius 1 is 1.44 bits per heavy atom. The average molecular weight is 148 g/mol. The average Bonchev–Trinajstić information content (AvgIpc) is 1.63. The monoisotopic (exact) mass is 148 g/mol. The smallest absolute Gasteiger partial charge is 0.241 e. The van der Waals surface area contributed by atoms with E-state index in [1.807, 2.05) is 0 Å². The first-order chi connectivity index (χ1) is 4.06. The summed E-state index contributed by atoms with van der Waals surface area (Å²) >= 11 is 0. The van der Waals surface area contributed by atoms with Gasteiger partial charge in [0.2, 0.25) is 8.32 Å². The summed E-state index contributed by atoms with van der Waals surface area (Å²) in [4.78, 5) is 0. The molecule has 0 atom stereocenters. The van der Waals surface area contributed by atoms with Crippen LogP contribution in [0.4, 0.5) is 4.39 Å². The lowest BCUT2D eigenvalue weighted by Crippen LogP contribution is -2.21. The predicted octanol–water partition coefficient (Wildman–Crippen LogP) is 2.32. The predicted molar refractivity (Wildman–Crippen MR) is 39.5 cm³/mol. The van der Waals surface area contributed by atoms with Crippen molar-refractivity contribution in [3.05, 3.63) is 12.3 Å². The molecule has 0 fully saturated rings. The Kier molecular flexibility index (Phi) is 3.54. The van der Waals surface area contributed by atoms with Gasteiger partial charge in [-0.1, -0.05) is 0 Å². The van der Waals surface area contributed by atoms with Crippen molar-refractivity contribution in [3.8, 4) is 0 Å². The van der Waals surface area contributed by atoms with Gasteiger partial charge in [-0.3, -0.25) is 0 Å². The van der Waals surface area contributed by atoms with E-state index in [1.54, 1.807) is 0 Å². The van der Waals surface area contributed by atoms with E-state index in [-0.39, 0.29) is 0 Å². The van der Waals surface area contributed by atoms with E-state index in [2.05, 4.69) is 19.6 Å². The van der Waals surface area contributed by atoms with Crippen molar-refractivity contribution in [2.24, 2.45) is 0 Å². The van der Waals surface area contributed by atoms with E-state index < -0.39 is 15.0 Å². The third-order valence-corrected chi connectivity index (χ3v) is 1.45. The summed E-state index contributed by atoms with van der Waals surface area (Å²) in [5.74, 6) is 0. The first-order valence-electron chi connectivity index (χ1n) is 2.95. The highest BCUT2D eigenvalue weighted by atomic mass is 28.4. The Bertz CT molecular complexity index is 95.7. The fourth-order valence-electron chi connectivity index (χ4n) is 0.289. The lowest BCUT2D eigenvalue weighted by Gasteiger charge is -2.14. The molecule has 0 saturated carbocycles. The Hall–Kier alpha value is -0.313. The van der Waals surface area contributed by atoms with E-state index in [4.69, 9.17) is 4.43 Å². The Morgan fingerprint density at radius 3 is 2.33 bits per heavy atom. The number of alkyl halides is 1. The van der Waals surface area contributed by atoms with E-state index in [0.29, 0.717) is 0 Å². The summed E-state index contributed by atoms with van der Waals surface area (Å²) in [7, 11) is -1.45. The molecule has 0 aromatic rings. The molecule has 0 bridgehead atoms. The fraction of sp³-hybridized carbons (Fsp3) is 0.667. The molecule has 0 N–H and O–H groups in total. The molecule has 9 heavy (non-hydrogen) atoms. The summed E-state index contributed by atoms with van der Waals surface area (Å²) < 4.78 is 16.6. The van der Waals surface area contributed by atoms with Gasteiger partial charge in [-0.15, -0.1) is 0 Å². The molecule has 3 heteroatoms. The highest BCUT2D eigenvalue weighted by Crippen LogP contribution is 2.01. The molecular formula is C6H13FOSi. The van der Waals surface area contributed by atoms with Crippen molar-refractivity contribution in [2.75, 3.05) is 6.67 Å². The summed E-state index contributed by atoms with van der Waals surface area (Å²) in [6.07, 6.45) is 2.82. The van der Waals surface area contributed by atoms with Crippen molar-refractivity contribution in [2.45, 2.75) is 19.6 Å². The second-order valence-electron chi connectivity index (χ2n) is 2.76. The molecule has 0 aliphatic rings. The van der Waals surface area contributed by atoms with Crippen LogP contribution in [-0.2, 0) is 4.43 Å². The quantitative estimate of drug-likeness (QED) is 0.441. The summed E-state index contributed by atoms with van der Waals surface area (Å²) in [5, 5.41) is 0. The van der Waals surface area contributed by atoms with Crippen LogP contribution in [0.2, 0.25) is 19.6 Å². The Labute approximate surface area is 56.7 Å². The first kappa shape index (κ1) is 8.69. The van der Waals surface area contributed by atoms with Gasteiger partial charge in [0.1, 0.15) is 6.67 Å². The van der Waals surface area contributed by atoms with Gasteiger partial charge >= 0.3 is 0 Å². The molecule has 0 amide bonds. The molecule has 0 unspecified atom stereocenters. The van der Waals surface area contributed by atoms with Gasteiger partial charge in [-0.25, -0.2) is 4.39 Å². The molecule has 0 aromatic heterocycles. The zero-order valence-corrected chi connectivity index (χ0v) is 7.15. The van der Waals surface area contributed by atoms with Crippen LogP contribution in [0.15, 0.2) is 12.3 Å². The topological polar surface area (TPSA) is 9.23 Å². The maximum absolute atomic E-state index is 11.4. The molecular weight excluding hydrogens is 135 g/mol. The second kappa shape index (κ2) is 3.66. The van der Waals surface area contributed by atoms with Gasteiger partial charge in [0.15, 0.2) is 0 Å². The van der Waals surface area contributed by atoms with Gasteiger partial charge in [-0.05, 0) is 25.7 Å². The van der Waals surface area contributed by atoms with Crippen molar-refractivity contribution in [3.63, 3.8) is 0 Å². The largest absolute Gasteiger partial charge is 0.550 e. The Balaban J connectivity index is 3.38. The van der Waals surface area contributed by atoms with Gasteiger partial charge in [0.05, 0.1) is 6.26 Å². The van der Waals surface area contributed by atoms with Gasteiger partial charge in [0, 0.05) is 0 Å². The molecule has 54 valence electrons. The SMILES string of the molecule is C[Si](C)(C)OC=CCF. The molecule has 0 saturated heterocycles. The van der Waals surface area contributed by atoms with Gasteiger partial charge in [0.25, 0.3) is 0 Å². The van der Waals surface area contributed by atoms with Crippen LogP contribution in [0.3, 0.4) is 0 Å². The van der Waals surface area contributed by atoms with Crippen molar-refractivity contribution >= 4 is 8.32 Å². The first-order valence-corrected chi connectivity index (χ1v) is 6.36. The summed E-state index contributed by atoms with van der Waals surface area (Å²) in [5.41, 5.74) is 0. The van der Waals surface area contributed by atoms with Crippen LogP contribution in [0.25, 0.3) is 0 Å². The van der Waals surface area contributed by atoms with Crippen molar-refractivity contribution in [1.82, 2.24) is 0 Å². The fourth-order valence-corrected chi connectivity index (χ4v) is 0.793. The normalized spacial score (nSPS) is 12.4. The number of hydrogen-bond acceptors (Lipinski definition) is 1. The van der Waals surface area contributed by atoms with Crippen molar-refractivity contribution < 1.29 is 8.82 Å². The minimum Gasteiger partial charge on any atom is -0.550 e. The minimum absolute atomic E-state index is 0.440. The van der Waals surface area contributed by atoms with E-state index in [0.717, 1.165) is 0 Å². The zero-order chi connectivity index (χ0) is 7.33. The molecule has 0 radical (unpaired) electrons. The van der Waals surface area contributed by atoms with E-state index >= 15 is 0 Å². The third-order valence-electron chi connectivity index (χ3n) is 0.607. The molecule has 0 aromatic carbocycles. The molecule has 1 nitrogen and oxygen atoms in total. The molecule has 0 heterocycles. The molecule has 0 rings (SSSR count). The molecule has 0 aliphatic carbocycles. The van der Waals surface area contributed by atoms with Crippen LogP contribution >= 0.6 is 0 Å². The number of allylic oxidation sites excluding steroid dienone is 1. The van der Waals surface area contributed by atoms with Crippen LogP contribution in [0.5, 0.6) is 0 Å². The number of rotatable bonds is 3. The van der Waals surface area contributed by atoms with Gasteiger partial charge < -0.3 is 4.43 Å². The second-order valence-corrected chi connectivity index (χ2v) is 7.22. The molecule has 0 spiro atoms. The summed E-state index contributed by atoms with van der Waals surface area (Å²) in [6.45, 7) is 5.71. The standard InChI is InChI=1S/C6H13FOSi/c1-9(2,3)8-6-4-5-7/h4,6H,5H2,1-3H3. The highest BCUT2D eigenvalue weighted by molar-refractivity contribution is 6.69. The number of hydrogen-bond donors (Lipinski definition) is 0. The van der Waals surface area contributed by atoms with Crippen LogP contribution in [0.1, 0.15) is 0 Å². The van der Waals surface area contributed by atoms with Crippen LogP contribution < -0.4 is 0 Å². The zero-order valence-electron chi connectivity index (χ0n) is 6.15. The van der Waals surface area contributed by atoms with Crippen LogP contribution in [0, 0.1) is 0 Å². The van der Waals surface area contributed by atoms with Crippen molar-refractivity contribution in [1.29, 1.82) is 0 Å². The minimum atomic E-state index is -1.45. The Morgan fingerprint density at radius 2 is 2.00 bits per heavy atom. The number of halogens is 1. The maximum Gasteiger partial charge on any atom is 0.241 e. The van der Waals surface area contributed by atoms with Gasteiger partial charge in [-0.2, -0.15) is 0 Å².